The highest BCUT2D eigenvalue weighted by molar-refractivity contribution is 9.10. The van der Waals surface area contributed by atoms with Gasteiger partial charge in [0.25, 0.3) is 0 Å². The number of hydrogen-bond donors (Lipinski definition) is 2. The maximum Gasteiger partial charge on any atom is 0.120 e. The van der Waals surface area contributed by atoms with E-state index in [2.05, 4.69) is 26.0 Å². The molecule has 0 heterocycles. The second kappa shape index (κ2) is 4.85. The van der Waals surface area contributed by atoms with Crippen LogP contribution in [0.4, 0.5) is 0 Å². The number of aliphatic hydroxyl groups excluding tert-OH is 1. The van der Waals surface area contributed by atoms with E-state index >= 15 is 0 Å². The quantitative estimate of drug-likeness (QED) is 0.495. The Morgan fingerprint density at radius 2 is 2.29 bits per heavy atom. The Kier molecular flexibility index (Phi) is 3.76. The first kappa shape index (κ1) is 10.8. The van der Waals surface area contributed by atoms with E-state index in [-0.39, 0.29) is 12.4 Å². The van der Waals surface area contributed by atoms with Crippen molar-refractivity contribution in [3.8, 4) is 5.75 Å². The van der Waals surface area contributed by atoms with Gasteiger partial charge in [-0.25, -0.2) is 0 Å². The van der Waals surface area contributed by atoms with Gasteiger partial charge in [0.05, 0.1) is 12.6 Å². The first-order valence-electron chi connectivity index (χ1n) is 3.82. The summed E-state index contributed by atoms with van der Waals surface area (Å²) in [4.78, 5) is 2.59. The minimum Gasteiger partial charge on any atom is -0.508 e. The van der Waals surface area contributed by atoms with Gasteiger partial charge in [-0.15, -0.1) is 0 Å². The number of nitrogens with zero attached hydrogens (tertiary/aromatic N) is 3. The smallest absolute Gasteiger partial charge is 0.120 e. The molecule has 14 heavy (non-hydrogen) atoms. The lowest BCUT2D eigenvalue weighted by molar-refractivity contribution is 0.265. The third-order valence-corrected chi connectivity index (χ3v) is 2.21. The highest BCUT2D eigenvalue weighted by atomic mass is 79.9. The zero-order chi connectivity index (χ0) is 10.6. The van der Waals surface area contributed by atoms with Gasteiger partial charge in [-0.3, -0.25) is 0 Å². The summed E-state index contributed by atoms with van der Waals surface area (Å²) in [5, 5.41) is 21.8. The molecule has 0 aliphatic carbocycles. The Bertz CT molecular complexity index is 377. The maximum absolute atomic E-state index is 9.50. The molecule has 2 N–H and O–H groups in total. The monoisotopic (exact) mass is 257 g/mol. The SMILES string of the molecule is [N-]=[N+]=NC(CO)c1ccc(Br)cc1O. The summed E-state index contributed by atoms with van der Waals surface area (Å²) in [5.74, 6) is -0.00850. The van der Waals surface area contributed by atoms with Crippen LogP contribution in [0.15, 0.2) is 27.8 Å². The number of halogens is 1. The number of aromatic hydroxyl groups is 1. The van der Waals surface area contributed by atoms with Crippen molar-refractivity contribution >= 4 is 15.9 Å². The van der Waals surface area contributed by atoms with E-state index in [1.807, 2.05) is 0 Å². The Balaban J connectivity index is 3.10. The standard InChI is InChI=1S/C8H8BrN3O2/c9-5-1-2-6(8(14)3-5)7(4-13)11-12-10/h1-3,7,13-14H,4H2. The molecule has 0 amide bonds. The van der Waals surface area contributed by atoms with E-state index < -0.39 is 6.04 Å². The van der Waals surface area contributed by atoms with Crippen molar-refractivity contribution in [2.24, 2.45) is 5.11 Å². The van der Waals surface area contributed by atoms with E-state index in [0.717, 1.165) is 4.47 Å². The van der Waals surface area contributed by atoms with Crippen LogP contribution < -0.4 is 0 Å². The van der Waals surface area contributed by atoms with Gasteiger partial charge in [0.1, 0.15) is 5.75 Å². The molecule has 0 aliphatic rings. The van der Waals surface area contributed by atoms with Crippen LogP contribution in [0.25, 0.3) is 10.4 Å². The first-order chi connectivity index (χ1) is 6.69. The molecule has 0 saturated heterocycles. The molecule has 1 aromatic rings. The molecule has 0 fully saturated rings. The molecule has 1 rings (SSSR count). The van der Waals surface area contributed by atoms with Crippen molar-refractivity contribution < 1.29 is 10.2 Å². The minimum atomic E-state index is -0.743. The van der Waals surface area contributed by atoms with Crippen molar-refractivity contribution in [1.82, 2.24) is 0 Å². The van der Waals surface area contributed by atoms with Crippen LogP contribution >= 0.6 is 15.9 Å². The van der Waals surface area contributed by atoms with Gasteiger partial charge in [0.15, 0.2) is 0 Å². The van der Waals surface area contributed by atoms with Gasteiger partial charge in [-0.2, -0.15) is 0 Å². The van der Waals surface area contributed by atoms with Crippen LogP contribution in [-0.4, -0.2) is 16.8 Å². The highest BCUT2D eigenvalue weighted by Gasteiger charge is 2.12. The predicted octanol–water partition coefficient (Wildman–Crippen LogP) is 2.50. The van der Waals surface area contributed by atoms with Crippen LogP contribution in [0.5, 0.6) is 5.75 Å². The van der Waals surface area contributed by atoms with Gasteiger partial charge >= 0.3 is 0 Å². The number of aliphatic hydroxyl groups is 1. The highest BCUT2D eigenvalue weighted by Crippen LogP contribution is 2.29. The Hall–Kier alpha value is -1.23. The molecule has 74 valence electrons. The lowest BCUT2D eigenvalue weighted by Gasteiger charge is -2.09. The fourth-order valence-electron chi connectivity index (χ4n) is 1.06. The van der Waals surface area contributed by atoms with Crippen molar-refractivity contribution in [2.45, 2.75) is 6.04 Å². The zero-order valence-corrected chi connectivity index (χ0v) is 8.72. The lowest BCUT2D eigenvalue weighted by Crippen LogP contribution is -2.00. The zero-order valence-electron chi connectivity index (χ0n) is 7.13. The molecule has 0 aromatic heterocycles. The number of phenols is 1. The number of benzene rings is 1. The Morgan fingerprint density at radius 1 is 1.57 bits per heavy atom. The number of rotatable bonds is 3. The largest absolute Gasteiger partial charge is 0.508 e. The number of azide groups is 1. The van der Waals surface area contributed by atoms with E-state index in [9.17, 15) is 5.11 Å². The molecule has 5 nitrogen and oxygen atoms in total. The lowest BCUT2D eigenvalue weighted by atomic mass is 10.1. The molecule has 0 aliphatic heterocycles. The Morgan fingerprint density at radius 3 is 2.79 bits per heavy atom. The molecule has 1 unspecified atom stereocenters. The van der Waals surface area contributed by atoms with E-state index in [1.165, 1.54) is 6.07 Å². The average molecular weight is 258 g/mol. The van der Waals surface area contributed by atoms with E-state index in [0.29, 0.717) is 5.56 Å². The second-order valence-electron chi connectivity index (χ2n) is 2.61. The third kappa shape index (κ3) is 2.38. The molecule has 1 aromatic carbocycles. The van der Waals surface area contributed by atoms with E-state index in [1.54, 1.807) is 12.1 Å². The predicted molar refractivity (Wildman–Crippen MR) is 54.8 cm³/mol. The van der Waals surface area contributed by atoms with Gasteiger partial charge in [-0.05, 0) is 17.7 Å². The molecule has 1 atom stereocenters. The van der Waals surface area contributed by atoms with Crippen molar-refractivity contribution in [1.29, 1.82) is 0 Å². The normalized spacial score (nSPS) is 11.9. The summed E-state index contributed by atoms with van der Waals surface area (Å²) in [6.07, 6.45) is 0. The van der Waals surface area contributed by atoms with Crippen LogP contribution in [0.1, 0.15) is 11.6 Å². The molecule has 6 heteroatoms. The van der Waals surface area contributed by atoms with Crippen LogP contribution in [-0.2, 0) is 0 Å². The van der Waals surface area contributed by atoms with E-state index in [4.69, 9.17) is 10.6 Å². The summed E-state index contributed by atoms with van der Waals surface area (Å²) in [5.41, 5.74) is 8.64. The van der Waals surface area contributed by atoms with Crippen LogP contribution in [0.3, 0.4) is 0 Å². The molecule has 0 spiro atoms. The minimum absolute atomic E-state index is 0.00850. The van der Waals surface area contributed by atoms with Gasteiger partial charge < -0.3 is 10.2 Å². The second-order valence-corrected chi connectivity index (χ2v) is 3.52. The molecule has 0 saturated carbocycles. The molecule has 0 bridgehead atoms. The third-order valence-electron chi connectivity index (χ3n) is 1.72. The maximum atomic E-state index is 9.50. The first-order valence-corrected chi connectivity index (χ1v) is 4.61. The number of phenolic OH excluding ortho intramolecular Hbond substituents is 1. The van der Waals surface area contributed by atoms with Gasteiger partial charge in [0.2, 0.25) is 0 Å². The number of hydrogen-bond acceptors (Lipinski definition) is 3. The average Bonchev–Trinajstić information content (AvgIpc) is 2.15. The summed E-state index contributed by atoms with van der Waals surface area (Å²) in [6, 6.07) is 4.03. The summed E-state index contributed by atoms with van der Waals surface area (Å²) >= 11 is 3.18. The van der Waals surface area contributed by atoms with Crippen molar-refractivity contribution in [3.05, 3.63) is 38.7 Å². The Labute approximate surface area is 88.8 Å². The fourth-order valence-corrected chi connectivity index (χ4v) is 1.41. The van der Waals surface area contributed by atoms with Crippen molar-refractivity contribution in [2.75, 3.05) is 6.61 Å². The van der Waals surface area contributed by atoms with Crippen LogP contribution in [0.2, 0.25) is 0 Å². The van der Waals surface area contributed by atoms with Crippen LogP contribution in [0, 0.1) is 0 Å². The summed E-state index contributed by atoms with van der Waals surface area (Å²) in [6.45, 7) is -0.334. The summed E-state index contributed by atoms with van der Waals surface area (Å²) in [7, 11) is 0. The molecular weight excluding hydrogens is 250 g/mol. The van der Waals surface area contributed by atoms with Crippen molar-refractivity contribution in [3.63, 3.8) is 0 Å². The van der Waals surface area contributed by atoms with Gasteiger partial charge in [0, 0.05) is 14.9 Å². The fraction of sp³-hybridized carbons (Fsp3) is 0.250. The van der Waals surface area contributed by atoms with Gasteiger partial charge in [-0.1, -0.05) is 27.1 Å². The summed E-state index contributed by atoms with van der Waals surface area (Å²) < 4.78 is 0.719. The topological polar surface area (TPSA) is 89.2 Å². The molecular formula is C8H8BrN3O2. The molecule has 0 radical (unpaired) electrons.